The molecule has 0 aliphatic carbocycles. The van der Waals surface area contributed by atoms with E-state index in [1.807, 2.05) is 0 Å². The molecule has 0 saturated carbocycles. The summed E-state index contributed by atoms with van der Waals surface area (Å²) in [5, 5.41) is 9.73. The first-order valence-corrected chi connectivity index (χ1v) is 5.41. The molecule has 1 atom stereocenters. The van der Waals surface area contributed by atoms with Crippen molar-refractivity contribution in [1.82, 2.24) is 9.13 Å². The monoisotopic (exact) mass is 240 g/mol. The van der Waals surface area contributed by atoms with Crippen molar-refractivity contribution in [3.63, 3.8) is 0 Å². The van der Waals surface area contributed by atoms with Crippen molar-refractivity contribution in [2.75, 3.05) is 6.61 Å². The molecule has 1 unspecified atom stereocenters. The van der Waals surface area contributed by atoms with Gasteiger partial charge in [0.25, 0.3) is 0 Å². The van der Waals surface area contributed by atoms with Crippen LogP contribution in [0.3, 0.4) is 0 Å². The van der Waals surface area contributed by atoms with Crippen LogP contribution in [0.4, 0.5) is 0 Å². The van der Waals surface area contributed by atoms with E-state index in [9.17, 15) is 4.79 Å². The van der Waals surface area contributed by atoms with Crippen LogP contribution in [0.5, 0.6) is 0 Å². The van der Waals surface area contributed by atoms with Gasteiger partial charge in [-0.2, -0.15) is 0 Å². The molecule has 0 fully saturated rings. The highest BCUT2D eigenvalue weighted by Crippen LogP contribution is 2.20. The Hall–Kier alpha value is -1.26. The van der Waals surface area contributed by atoms with Gasteiger partial charge in [-0.1, -0.05) is 11.6 Å². The van der Waals surface area contributed by atoms with Gasteiger partial charge in [-0.15, -0.1) is 0 Å². The van der Waals surface area contributed by atoms with Crippen LogP contribution in [-0.4, -0.2) is 20.8 Å². The normalized spacial score (nSPS) is 13.2. The molecule has 0 amide bonds. The minimum Gasteiger partial charge on any atom is -0.394 e. The Morgan fingerprint density at radius 3 is 2.75 bits per heavy atom. The van der Waals surface area contributed by atoms with Gasteiger partial charge >= 0.3 is 5.69 Å². The molecule has 0 aliphatic heterocycles. The molecule has 0 radical (unpaired) electrons. The second-order valence-corrected chi connectivity index (χ2v) is 4.31. The maximum atomic E-state index is 12.0. The second kappa shape index (κ2) is 3.96. The fourth-order valence-electron chi connectivity index (χ4n) is 1.85. The molecule has 2 rings (SSSR count). The quantitative estimate of drug-likeness (QED) is 0.866. The van der Waals surface area contributed by atoms with Gasteiger partial charge < -0.3 is 5.11 Å². The number of hydrogen-bond donors (Lipinski definition) is 1. The number of aromatic nitrogens is 2. The molecule has 4 nitrogen and oxygen atoms in total. The van der Waals surface area contributed by atoms with Crippen LogP contribution in [0, 0.1) is 0 Å². The molecule has 2 aromatic rings. The van der Waals surface area contributed by atoms with Crippen molar-refractivity contribution in [1.29, 1.82) is 0 Å². The van der Waals surface area contributed by atoms with E-state index >= 15 is 0 Å². The van der Waals surface area contributed by atoms with Gasteiger partial charge in [-0.25, -0.2) is 4.79 Å². The second-order valence-electron chi connectivity index (χ2n) is 3.88. The largest absolute Gasteiger partial charge is 0.394 e. The highest BCUT2D eigenvalue weighted by molar-refractivity contribution is 6.31. The molecule has 1 aromatic heterocycles. The minimum absolute atomic E-state index is 0.0778. The van der Waals surface area contributed by atoms with E-state index in [0.29, 0.717) is 5.02 Å². The maximum Gasteiger partial charge on any atom is 0.329 e. The lowest BCUT2D eigenvalue weighted by Gasteiger charge is -2.09. The molecule has 0 aliphatic rings. The number of imidazole rings is 1. The molecule has 0 bridgehead atoms. The highest BCUT2D eigenvalue weighted by Gasteiger charge is 2.15. The lowest BCUT2D eigenvalue weighted by molar-refractivity contribution is 0.238. The van der Waals surface area contributed by atoms with E-state index < -0.39 is 0 Å². The lowest BCUT2D eigenvalue weighted by atomic mass is 10.3. The summed E-state index contributed by atoms with van der Waals surface area (Å²) in [5.41, 5.74) is 1.43. The summed E-state index contributed by atoms with van der Waals surface area (Å²) in [5.74, 6) is 0. The number of rotatable bonds is 2. The number of hydrogen-bond acceptors (Lipinski definition) is 2. The smallest absolute Gasteiger partial charge is 0.329 e. The van der Waals surface area contributed by atoms with Gasteiger partial charge in [0, 0.05) is 12.1 Å². The summed E-state index contributed by atoms with van der Waals surface area (Å²) in [6, 6.07) is 5.04. The summed E-state index contributed by atoms with van der Waals surface area (Å²) in [6.45, 7) is 1.72. The zero-order chi connectivity index (χ0) is 11.9. The average molecular weight is 241 g/mol. The molecular weight excluding hydrogens is 228 g/mol. The Balaban J connectivity index is 2.86. The number of benzene rings is 1. The van der Waals surface area contributed by atoms with Crippen LogP contribution in [0.2, 0.25) is 5.02 Å². The van der Waals surface area contributed by atoms with Crippen LogP contribution in [0.15, 0.2) is 23.0 Å². The molecular formula is C11H13ClN2O2. The van der Waals surface area contributed by atoms with E-state index in [4.69, 9.17) is 16.7 Å². The Morgan fingerprint density at radius 2 is 2.12 bits per heavy atom. The van der Waals surface area contributed by atoms with Gasteiger partial charge in [0.1, 0.15) is 0 Å². The first-order valence-electron chi connectivity index (χ1n) is 5.03. The average Bonchev–Trinajstić information content (AvgIpc) is 2.51. The van der Waals surface area contributed by atoms with Crippen molar-refractivity contribution in [3.05, 3.63) is 33.7 Å². The molecule has 16 heavy (non-hydrogen) atoms. The van der Waals surface area contributed by atoms with Crippen molar-refractivity contribution in [2.45, 2.75) is 13.0 Å². The molecule has 5 heteroatoms. The third kappa shape index (κ3) is 1.54. The molecule has 0 spiro atoms. The van der Waals surface area contributed by atoms with Crippen LogP contribution in [0.25, 0.3) is 11.0 Å². The predicted octanol–water partition coefficient (Wildman–Crippen LogP) is 1.55. The highest BCUT2D eigenvalue weighted by atomic mass is 35.5. The Labute approximate surface area is 97.7 Å². The van der Waals surface area contributed by atoms with E-state index in [0.717, 1.165) is 11.0 Å². The third-order valence-corrected chi connectivity index (χ3v) is 2.99. The number of aryl methyl sites for hydroxylation is 1. The van der Waals surface area contributed by atoms with Gasteiger partial charge in [0.15, 0.2) is 0 Å². The molecule has 0 saturated heterocycles. The fourth-order valence-corrected chi connectivity index (χ4v) is 2.01. The molecule has 1 N–H and O–H groups in total. The Bertz CT molecular complexity index is 585. The van der Waals surface area contributed by atoms with Crippen LogP contribution in [-0.2, 0) is 7.05 Å². The topological polar surface area (TPSA) is 47.2 Å². The summed E-state index contributed by atoms with van der Waals surface area (Å²) < 4.78 is 3.11. The van der Waals surface area contributed by atoms with Gasteiger partial charge in [-0.05, 0) is 25.1 Å². The van der Waals surface area contributed by atoms with Crippen molar-refractivity contribution >= 4 is 22.6 Å². The minimum atomic E-state index is -0.255. The Morgan fingerprint density at radius 1 is 1.44 bits per heavy atom. The van der Waals surface area contributed by atoms with Crippen molar-refractivity contribution < 1.29 is 5.11 Å². The van der Waals surface area contributed by atoms with Crippen LogP contribution >= 0.6 is 11.6 Å². The maximum absolute atomic E-state index is 12.0. The lowest BCUT2D eigenvalue weighted by Crippen LogP contribution is -2.26. The summed E-state index contributed by atoms with van der Waals surface area (Å²) >= 11 is 5.91. The number of fused-ring (bicyclic) bond motifs is 1. The number of halogens is 1. The standard InChI is InChI=1S/C11H13ClN2O2/c1-7(6-15)14-10-5-8(12)3-4-9(10)13(2)11(14)16/h3-5,7,15H,6H2,1-2H3. The van der Waals surface area contributed by atoms with E-state index in [-0.39, 0.29) is 18.3 Å². The molecule has 86 valence electrons. The summed E-state index contributed by atoms with van der Waals surface area (Å²) in [4.78, 5) is 12.0. The fraction of sp³-hybridized carbons (Fsp3) is 0.364. The van der Waals surface area contributed by atoms with Crippen LogP contribution < -0.4 is 5.69 Å². The van der Waals surface area contributed by atoms with Crippen LogP contribution in [0.1, 0.15) is 13.0 Å². The van der Waals surface area contributed by atoms with E-state index in [1.165, 1.54) is 0 Å². The summed E-state index contributed by atoms with van der Waals surface area (Å²) in [7, 11) is 1.71. The first-order chi connectivity index (χ1) is 7.56. The van der Waals surface area contributed by atoms with Crippen molar-refractivity contribution in [3.8, 4) is 0 Å². The van der Waals surface area contributed by atoms with Crippen molar-refractivity contribution in [2.24, 2.45) is 7.05 Å². The SMILES string of the molecule is CC(CO)n1c(=O)n(C)c2ccc(Cl)cc21. The molecule has 1 aromatic carbocycles. The summed E-state index contributed by atoms with van der Waals surface area (Å²) in [6.07, 6.45) is 0. The zero-order valence-electron chi connectivity index (χ0n) is 9.14. The van der Waals surface area contributed by atoms with E-state index in [2.05, 4.69) is 0 Å². The zero-order valence-corrected chi connectivity index (χ0v) is 9.90. The third-order valence-electron chi connectivity index (χ3n) is 2.76. The molecule has 1 heterocycles. The Kier molecular flexibility index (Phi) is 2.78. The van der Waals surface area contributed by atoms with Gasteiger partial charge in [0.2, 0.25) is 0 Å². The van der Waals surface area contributed by atoms with E-state index in [1.54, 1.807) is 41.3 Å². The van der Waals surface area contributed by atoms with Gasteiger partial charge in [0.05, 0.1) is 23.7 Å². The number of aliphatic hydroxyl groups excluding tert-OH is 1. The number of nitrogens with zero attached hydrogens (tertiary/aromatic N) is 2. The first kappa shape index (κ1) is 11.2. The predicted molar refractivity (Wildman–Crippen MR) is 64.0 cm³/mol. The number of aliphatic hydroxyl groups is 1. The van der Waals surface area contributed by atoms with Gasteiger partial charge in [-0.3, -0.25) is 9.13 Å².